The predicted octanol–water partition coefficient (Wildman–Crippen LogP) is 3.73. The standard InChI is InChI=1S/C21H21N3O4S2/c1-2-29-16-3-5-17(6-4-16)30(27,28)24-10-8-15(12-24)19-13-23(14-21(25)26)20-11-22-9-7-18(19)20/h3-5,7-13,17H,2,6,14H2,1H3,(H,25,26). The van der Waals surface area contributed by atoms with Crippen molar-refractivity contribution in [3.05, 3.63) is 66.3 Å². The number of rotatable bonds is 7. The van der Waals surface area contributed by atoms with Crippen LogP contribution in [0.5, 0.6) is 0 Å². The Morgan fingerprint density at radius 2 is 2.17 bits per heavy atom. The lowest BCUT2D eigenvalue weighted by Gasteiger charge is -2.17. The number of hydrogen-bond acceptors (Lipinski definition) is 5. The number of aliphatic carboxylic acids is 1. The SMILES string of the molecule is CCSC1=CCC(S(=O)(=O)n2ccc(-c3cn(CC(=O)O)c4cnccc34)c2)C=C1. The van der Waals surface area contributed by atoms with Crippen molar-refractivity contribution in [2.75, 3.05) is 5.75 Å². The van der Waals surface area contributed by atoms with E-state index in [9.17, 15) is 18.3 Å². The fourth-order valence-corrected chi connectivity index (χ4v) is 5.71. The Morgan fingerprint density at radius 3 is 2.87 bits per heavy atom. The van der Waals surface area contributed by atoms with Crippen LogP contribution in [-0.4, -0.2) is 44.0 Å². The van der Waals surface area contributed by atoms with Crippen molar-refractivity contribution in [1.29, 1.82) is 0 Å². The molecule has 1 atom stereocenters. The van der Waals surface area contributed by atoms with Gasteiger partial charge in [-0.15, -0.1) is 11.8 Å². The van der Waals surface area contributed by atoms with Crippen LogP contribution in [0.25, 0.3) is 22.0 Å². The fourth-order valence-electron chi connectivity index (χ4n) is 3.57. The lowest BCUT2D eigenvalue weighted by Crippen LogP contribution is -2.25. The Bertz CT molecular complexity index is 1270. The lowest BCUT2D eigenvalue weighted by molar-refractivity contribution is -0.137. The zero-order valence-corrected chi connectivity index (χ0v) is 17.9. The van der Waals surface area contributed by atoms with E-state index in [1.165, 1.54) is 3.97 Å². The Balaban J connectivity index is 1.67. The van der Waals surface area contributed by atoms with Gasteiger partial charge >= 0.3 is 5.97 Å². The van der Waals surface area contributed by atoms with Crippen molar-refractivity contribution in [2.24, 2.45) is 0 Å². The number of fused-ring (bicyclic) bond motifs is 1. The highest BCUT2D eigenvalue weighted by Gasteiger charge is 2.26. The number of pyridine rings is 1. The van der Waals surface area contributed by atoms with Crippen LogP contribution in [0, 0.1) is 0 Å². The summed E-state index contributed by atoms with van der Waals surface area (Å²) in [5, 5.41) is 9.38. The van der Waals surface area contributed by atoms with Crippen molar-refractivity contribution in [2.45, 2.75) is 25.1 Å². The predicted molar refractivity (Wildman–Crippen MR) is 119 cm³/mol. The van der Waals surface area contributed by atoms with E-state index < -0.39 is 21.2 Å². The largest absolute Gasteiger partial charge is 0.480 e. The molecular weight excluding hydrogens is 422 g/mol. The summed E-state index contributed by atoms with van der Waals surface area (Å²) >= 11 is 1.69. The molecule has 0 fully saturated rings. The number of carboxylic acids is 1. The Labute approximate surface area is 178 Å². The summed E-state index contributed by atoms with van der Waals surface area (Å²) in [7, 11) is -3.59. The molecule has 0 saturated heterocycles. The van der Waals surface area contributed by atoms with Gasteiger partial charge in [0.2, 0.25) is 10.0 Å². The maximum absolute atomic E-state index is 13.1. The molecule has 9 heteroatoms. The normalized spacial score (nSPS) is 16.7. The summed E-state index contributed by atoms with van der Waals surface area (Å²) in [4.78, 5) is 16.4. The molecule has 3 heterocycles. The lowest BCUT2D eigenvalue weighted by atomic mass is 10.1. The van der Waals surface area contributed by atoms with Gasteiger partial charge in [0.15, 0.2) is 0 Å². The molecule has 156 valence electrons. The minimum atomic E-state index is -3.59. The third kappa shape index (κ3) is 3.82. The van der Waals surface area contributed by atoms with Gasteiger partial charge in [0, 0.05) is 46.2 Å². The van der Waals surface area contributed by atoms with Crippen molar-refractivity contribution in [1.82, 2.24) is 13.5 Å². The van der Waals surface area contributed by atoms with Gasteiger partial charge in [-0.3, -0.25) is 13.8 Å². The van der Waals surface area contributed by atoms with Gasteiger partial charge in [-0.1, -0.05) is 25.2 Å². The molecule has 0 aromatic carbocycles. The molecular formula is C21H21N3O4S2. The van der Waals surface area contributed by atoms with Crippen LogP contribution in [0.15, 0.2) is 66.3 Å². The summed E-state index contributed by atoms with van der Waals surface area (Å²) in [6.07, 6.45) is 14.1. The quantitative estimate of drug-likeness (QED) is 0.598. The average molecular weight is 444 g/mol. The molecule has 0 amide bonds. The van der Waals surface area contributed by atoms with Crippen molar-refractivity contribution >= 4 is 38.7 Å². The van der Waals surface area contributed by atoms with E-state index in [1.54, 1.807) is 65.5 Å². The zero-order chi connectivity index (χ0) is 21.3. The number of nitrogens with zero attached hydrogens (tertiary/aromatic N) is 3. The van der Waals surface area contributed by atoms with Crippen LogP contribution in [0.4, 0.5) is 0 Å². The number of thioether (sulfide) groups is 1. The van der Waals surface area contributed by atoms with Crippen molar-refractivity contribution < 1.29 is 18.3 Å². The van der Waals surface area contributed by atoms with Gasteiger partial charge < -0.3 is 9.67 Å². The zero-order valence-electron chi connectivity index (χ0n) is 16.3. The molecule has 0 spiro atoms. The number of aromatic nitrogens is 3. The summed E-state index contributed by atoms with van der Waals surface area (Å²) < 4.78 is 29.0. The second kappa shape index (κ2) is 8.16. The van der Waals surface area contributed by atoms with E-state index in [-0.39, 0.29) is 6.54 Å². The van der Waals surface area contributed by atoms with Gasteiger partial charge in [-0.2, -0.15) is 0 Å². The monoisotopic (exact) mass is 443 g/mol. The highest BCUT2D eigenvalue weighted by molar-refractivity contribution is 8.03. The van der Waals surface area contributed by atoms with Gasteiger partial charge in [0.1, 0.15) is 11.8 Å². The molecule has 1 aliphatic rings. The topological polar surface area (TPSA) is 94.2 Å². The number of hydrogen-bond donors (Lipinski definition) is 1. The maximum atomic E-state index is 13.1. The van der Waals surface area contributed by atoms with E-state index in [0.29, 0.717) is 17.5 Å². The van der Waals surface area contributed by atoms with Gasteiger partial charge in [0.25, 0.3) is 0 Å². The fraction of sp³-hybridized carbons (Fsp3) is 0.238. The highest BCUT2D eigenvalue weighted by Crippen LogP contribution is 2.32. The molecule has 0 radical (unpaired) electrons. The minimum Gasteiger partial charge on any atom is -0.480 e. The van der Waals surface area contributed by atoms with Crippen LogP contribution >= 0.6 is 11.8 Å². The summed E-state index contributed by atoms with van der Waals surface area (Å²) in [5.74, 6) is -0.0142. The first-order valence-corrected chi connectivity index (χ1v) is 12.0. The molecule has 0 saturated carbocycles. The maximum Gasteiger partial charge on any atom is 0.323 e. The molecule has 7 nitrogen and oxygen atoms in total. The highest BCUT2D eigenvalue weighted by atomic mass is 32.2. The number of carbonyl (C=O) groups is 1. The number of allylic oxidation sites excluding steroid dienone is 2. The van der Waals surface area contributed by atoms with Gasteiger partial charge in [0.05, 0.1) is 11.7 Å². The van der Waals surface area contributed by atoms with E-state index in [0.717, 1.165) is 21.6 Å². The van der Waals surface area contributed by atoms with Crippen LogP contribution in [0.3, 0.4) is 0 Å². The second-order valence-corrected chi connectivity index (χ2v) is 10.3. The van der Waals surface area contributed by atoms with Crippen LogP contribution < -0.4 is 0 Å². The molecule has 0 aliphatic heterocycles. The number of carboxylic acid groups (broad SMARTS) is 1. The molecule has 0 bridgehead atoms. The molecule has 30 heavy (non-hydrogen) atoms. The molecule has 1 unspecified atom stereocenters. The van der Waals surface area contributed by atoms with E-state index in [2.05, 4.69) is 11.9 Å². The van der Waals surface area contributed by atoms with E-state index in [4.69, 9.17) is 0 Å². The van der Waals surface area contributed by atoms with Crippen molar-refractivity contribution in [3.63, 3.8) is 0 Å². The minimum absolute atomic E-state index is 0.196. The first kappa shape index (κ1) is 20.5. The third-order valence-electron chi connectivity index (χ3n) is 4.98. The van der Waals surface area contributed by atoms with Crippen LogP contribution in [-0.2, 0) is 21.4 Å². The van der Waals surface area contributed by atoms with Gasteiger partial charge in [-0.25, -0.2) is 8.42 Å². The third-order valence-corrected chi connectivity index (χ3v) is 7.84. The Hall–Kier alpha value is -2.78. The molecule has 4 rings (SSSR count). The Kier molecular flexibility index (Phi) is 5.57. The Morgan fingerprint density at radius 1 is 1.33 bits per heavy atom. The first-order valence-electron chi connectivity index (χ1n) is 9.48. The molecule has 3 aromatic heterocycles. The van der Waals surface area contributed by atoms with E-state index >= 15 is 0 Å². The molecule has 1 N–H and O–H groups in total. The average Bonchev–Trinajstić information content (AvgIpc) is 3.34. The van der Waals surface area contributed by atoms with E-state index in [1.807, 2.05) is 12.2 Å². The molecule has 3 aromatic rings. The van der Waals surface area contributed by atoms with Gasteiger partial charge in [-0.05, 0) is 24.3 Å². The summed E-state index contributed by atoms with van der Waals surface area (Å²) in [6, 6.07) is 3.54. The molecule has 1 aliphatic carbocycles. The van der Waals surface area contributed by atoms with Crippen LogP contribution in [0.2, 0.25) is 0 Å². The summed E-state index contributed by atoms with van der Waals surface area (Å²) in [6.45, 7) is 1.87. The van der Waals surface area contributed by atoms with Crippen LogP contribution in [0.1, 0.15) is 13.3 Å². The first-order chi connectivity index (χ1) is 14.4. The smallest absolute Gasteiger partial charge is 0.323 e. The second-order valence-electron chi connectivity index (χ2n) is 6.91. The summed E-state index contributed by atoms with van der Waals surface area (Å²) in [5.41, 5.74) is 2.16. The van der Waals surface area contributed by atoms with Crippen molar-refractivity contribution in [3.8, 4) is 11.1 Å².